The number of anilines is 1. The third-order valence-electron chi connectivity index (χ3n) is 4.69. The first kappa shape index (κ1) is 20.1. The summed E-state index contributed by atoms with van der Waals surface area (Å²) < 4.78 is 0. The topological polar surface area (TPSA) is 108 Å². The van der Waals surface area contributed by atoms with Crippen LogP contribution in [0.4, 0.5) is 15.3 Å². The number of hydrogen-bond donors (Lipinski definition) is 3. The van der Waals surface area contributed by atoms with E-state index in [4.69, 9.17) is 0 Å². The first-order valence-corrected chi connectivity index (χ1v) is 9.21. The van der Waals surface area contributed by atoms with Gasteiger partial charge in [0.1, 0.15) is 12.1 Å². The number of imide groups is 2. The van der Waals surface area contributed by atoms with Crippen molar-refractivity contribution in [1.82, 2.24) is 15.5 Å². The molecule has 0 saturated carbocycles. The van der Waals surface area contributed by atoms with Gasteiger partial charge in [-0.1, -0.05) is 48.5 Å². The first-order valence-electron chi connectivity index (χ1n) is 9.21. The van der Waals surface area contributed by atoms with Crippen molar-refractivity contribution in [1.29, 1.82) is 0 Å². The molecule has 29 heavy (non-hydrogen) atoms. The molecule has 0 aliphatic carbocycles. The van der Waals surface area contributed by atoms with Crippen LogP contribution in [0.1, 0.15) is 18.9 Å². The van der Waals surface area contributed by atoms with Crippen LogP contribution in [0.25, 0.3) is 0 Å². The molecule has 8 heteroatoms. The van der Waals surface area contributed by atoms with Crippen molar-refractivity contribution >= 4 is 29.6 Å². The summed E-state index contributed by atoms with van der Waals surface area (Å²) in [6.07, 6.45) is 0.997. The van der Waals surface area contributed by atoms with Crippen LogP contribution in [0.3, 0.4) is 0 Å². The summed E-state index contributed by atoms with van der Waals surface area (Å²) in [5.41, 5.74) is 0.463. The van der Waals surface area contributed by atoms with Crippen LogP contribution in [0.5, 0.6) is 0 Å². The highest BCUT2D eigenvalue weighted by atomic mass is 16.2. The van der Waals surface area contributed by atoms with Crippen LogP contribution in [-0.4, -0.2) is 40.9 Å². The Morgan fingerprint density at radius 1 is 1.00 bits per heavy atom. The quantitative estimate of drug-likeness (QED) is 0.653. The Kier molecular flexibility index (Phi) is 5.92. The Bertz CT molecular complexity index is 917. The summed E-state index contributed by atoms with van der Waals surface area (Å²) in [5.74, 6) is -1.24. The molecule has 6 amide bonds. The van der Waals surface area contributed by atoms with E-state index in [1.54, 1.807) is 37.3 Å². The molecule has 1 aliphatic rings. The van der Waals surface area contributed by atoms with E-state index in [9.17, 15) is 19.2 Å². The van der Waals surface area contributed by atoms with Crippen molar-refractivity contribution in [3.05, 3.63) is 66.2 Å². The lowest BCUT2D eigenvalue weighted by molar-refractivity contribution is -0.134. The minimum atomic E-state index is -1.10. The number of carbonyl (C=O) groups excluding carboxylic acids is 4. The maximum Gasteiger partial charge on any atom is 0.325 e. The van der Waals surface area contributed by atoms with E-state index in [0.29, 0.717) is 18.5 Å². The maximum atomic E-state index is 12.7. The molecule has 1 fully saturated rings. The highest BCUT2D eigenvalue weighted by Gasteiger charge is 2.47. The number of nitrogens with one attached hydrogen (secondary N) is 3. The molecule has 2 aromatic rings. The highest BCUT2D eigenvalue weighted by molar-refractivity contribution is 6.10. The van der Waals surface area contributed by atoms with E-state index in [0.717, 1.165) is 10.5 Å². The zero-order valence-electron chi connectivity index (χ0n) is 16.0. The summed E-state index contributed by atoms with van der Waals surface area (Å²) in [5, 5.41) is 7.27. The van der Waals surface area contributed by atoms with Gasteiger partial charge < -0.3 is 10.6 Å². The second-order valence-corrected chi connectivity index (χ2v) is 7.01. The van der Waals surface area contributed by atoms with Gasteiger partial charge in [0, 0.05) is 5.69 Å². The van der Waals surface area contributed by atoms with Crippen molar-refractivity contribution in [2.45, 2.75) is 25.3 Å². The van der Waals surface area contributed by atoms with Crippen molar-refractivity contribution in [2.24, 2.45) is 0 Å². The summed E-state index contributed by atoms with van der Waals surface area (Å²) in [6, 6.07) is 16.8. The van der Waals surface area contributed by atoms with Gasteiger partial charge in [-0.05, 0) is 37.5 Å². The number of benzene rings is 2. The van der Waals surface area contributed by atoms with E-state index in [1.165, 1.54) is 0 Å². The summed E-state index contributed by atoms with van der Waals surface area (Å²) in [6.45, 7) is 1.10. The molecule has 0 unspecified atom stereocenters. The monoisotopic (exact) mass is 394 g/mol. The zero-order chi connectivity index (χ0) is 20.9. The Morgan fingerprint density at radius 2 is 1.62 bits per heavy atom. The van der Waals surface area contributed by atoms with E-state index >= 15 is 0 Å². The van der Waals surface area contributed by atoms with Gasteiger partial charge in [0.25, 0.3) is 5.91 Å². The number of carbonyl (C=O) groups is 4. The van der Waals surface area contributed by atoms with Crippen molar-refractivity contribution in [3.63, 3.8) is 0 Å². The average molecular weight is 394 g/mol. The minimum absolute atomic E-state index is 0.397. The van der Waals surface area contributed by atoms with E-state index in [1.807, 2.05) is 30.3 Å². The van der Waals surface area contributed by atoms with Crippen molar-refractivity contribution in [2.75, 3.05) is 11.9 Å². The second-order valence-electron chi connectivity index (χ2n) is 7.01. The molecule has 2 aromatic carbocycles. The van der Waals surface area contributed by atoms with Gasteiger partial charge in [-0.15, -0.1) is 0 Å². The molecule has 1 atom stereocenters. The van der Waals surface area contributed by atoms with Gasteiger partial charge in [-0.25, -0.2) is 9.59 Å². The molecule has 0 aromatic heterocycles. The Hall–Kier alpha value is -3.68. The minimum Gasteiger partial charge on any atom is -0.323 e. The summed E-state index contributed by atoms with van der Waals surface area (Å²) >= 11 is 0. The van der Waals surface area contributed by atoms with Gasteiger partial charge >= 0.3 is 12.1 Å². The number of amides is 6. The molecule has 150 valence electrons. The largest absolute Gasteiger partial charge is 0.325 e. The lowest BCUT2D eigenvalue weighted by Crippen LogP contribution is -2.46. The summed E-state index contributed by atoms with van der Waals surface area (Å²) in [4.78, 5) is 49.8. The van der Waals surface area contributed by atoms with Crippen LogP contribution in [0.2, 0.25) is 0 Å². The first-order chi connectivity index (χ1) is 13.9. The Morgan fingerprint density at radius 3 is 2.28 bits per heavy atom. The third-order valence-corrected chi connectivity index (χ3v) is 4.69. The summed E-state index contributed by atoms with van der Waals surface area (Å²) in [7, 11) is 0. The van der Waals surface area contributed by atoms with Crippen molar-refractivity contribution < 1.29 is 19.2 Å². The lowest BCUT2D eigenvalue weighted by atomic mass is 9.93. The zero-order valence-corrected chi connectivity index (χ0v) is 16.0. The second kappa shape index (κ2) is 8.55. The van der Waals surface area contributed by atoms with Gasteiger partial charge in [0.15, 0.2) is 0 Å². The normalized spacial score (nSPS) is 18.3. The van der Waals surface area contributed by atoms with Gasteiger partial charge in [0.2, 0.25) is 5.91 Å². The SMILES string of the molecule is C[C@]1(CCc2ccccc2)NC(=O)N(CC(=O)NC(=O)Nc2ccccc2)C1=O. The smallest absolute Gasteiger partial charge is 0.323 e. The molecular formula is C21H22N4O4. The fraction of sp³-hybridized carbons (Fsp3) is 0.238. The van der Waals surface area contributed by atoms with Crippen LogP contribution in [0.15, 0.2) is 60.7 Å². The van der Waals surface area contributed by atoms with Gasteiger partial charge in [0.05, 0.1) is 0 Å². The molecule has 3 rings (SSSR count). The number of rotatable bonds is 6. The Balaban J connectivity index is 1.55. The third kappa shape index (κ3) is 4.98. The lowest BCUT2D eigenvalue weighted by Gasteiger charge is -2.21. The number of hydrogen-bond acceptors (Lipinski definition) is 4. The Labute approximate surface area is 168 Å². The van der Waals surface area contributed by atoms with E-state index in [-0.39, 0.29) is 0 Å². The fourth-order valence-electron chi connectivity index (χ4n) is 3.09. The number of aryl methyl sites for hydroxylation is 1. The van der Waals surface area contributed by atoms with Gasteiger partial charge in [-0.3, -0.25) is 19.8 Å². The van der Waals surface area contributed by atoms with Crippen LogP contribution < -0.4 is 16.0 Å². The molecule has 0 spiro atoms. The highest BCUT2D eigenvalue weighted by Crippen LogP contribution is 2.23. The number of para-hydroxylation sites is 1. The molecule has 1 aliphatic heterocycles. The van der Waals surface area contributed by atoms with E-state index < -0.39 is 36.0 Å². The molecule has 0 bridgehead atoms. The molecule has 8 nitrogen and oxygen atoms in total. The fourth-order valence-corrected chi connectivity index (χ4v) is 3.09. The van der Waals surface area contributed by atoms with Crippen LogP contribution >= 0.6 is 0 Å². The average Bonchev–Trinajstić information content (AvgIpc) is 2.91. The predicted molar refractivity (Wildman–Crippen MR) is 107 cm³/mol. The van der Waals surface area contributed by atoms with Crippen molar-refractivity contribution in [3.8, 4) is 0 Å². The van der Waals surface area contributed by atoms with E-state index in [2.05, 4.69) is 16.0 Å². The molecule has 0 radical (unpaired) electrons. The predicted octanol–water partition coefficient (Wildman–Crippen LogP) is 2.28. The van der Waals surface area contributed by atoms with Crippen LogP contribution in [0, 0.1) is 0 Å². The molecule has 3 N–H and O–H groups in total. The molecule has 1 saturated heterocycles. The number of nitrogens with zero attached hydrogens (tertiary/aromatic N) is 1. The number of urea groups is 2. The molecular weight excluding hydrogens is 372 g/mol. The maximum absolute atomic E-state index is 12.7. The van der Waals surface area contributed by atoms with Crippen LogP contribution in [-0.2, 0) is 16.0 Å². The standard InChI is InChI=1S/C21H22N4O4/c1-21(13-12-15-8-4-2-5-9-15)18(27)25(20(29)24-21)14-17(26)23-19(28)22-16-10-6-3-7-11-16/h2-11H,12-14H2,1H3,(H,24,29)(H2,22,23,26,28)/t21-/m1/s1. The van der Waals surface area contributed by atoms with Gasteiger partial charge in [-0.2, -0.15) is 0 Å². The molecule has 1 heterocycles.